The smallest absolute Gasteiger partial charge is 0.315 e. The Balaban J connectivity index is 2.12. The van der Waals surface area contributed by atoms with Gasteiger partial charge < -0.3 is 15.7 Å². The molecule has 0 bridgehead atoms. The van der Waals surface area contributed by atoms with E-state index in [1.807, 2.05) is 0 Å². The van der Waals surface area contributed by atoms with E-state index in [1.54, 1.807) is 0 Å². The number of urea groups is 1. The zero-order chi connectivity index (χ0) is 13.4. The highest BCUT2D eigenvalue weighted by atomic mass is 16.4. The summed E-state index contributed by atoms with van der Waals surface area (Å²) in [6, 6.07) is -0.140. The largest absolute Gasteiger partial charge is 0.481 e. The molecule has 1 fully saturated rings. The average Bonchev–Trinajstić information content (AvgIpc) is 2.35. The molecule has 1 saturated carbocycles. The highest BCUT2D eigenvalue weighted by molar-refractivity contribution is 5.87. The van der Waals surface area contributed by atoms with Crippen molar-refractivity contribution in [1.82, 2.24) is 10.6 Å². The van der Waals surface area contributed by atoms with Gasteiger partial charge in [-0.3, -0.25) is 9.59 Å². The Morgan fingerprint density at radius 1 is 1.06 bits per heavy atom. The SMILES string of the molecule is O=C(O)CCC(=O)CNC(=O)NC1CCCCC1. The van der Waals surface area contributed by atoms with Crippen molar-refractivity contribution < 1.29 is 19.5 Å². The number of nitrogens with one attached hydrogen (secondary N) is 2. The van der Waals surface area contributed by atoms with Crippen molar-refractivity contribution in [1.29, 1.82) is 0 Å². The Morgan fingerprint density at radius 2 is 1.72 bits per heavy atom. The lowest BCUT2D eigenvalue weighted by Crippen LogP contribution is -2.44. The maximum absolute atomic E-state index is 11.5. The van der Waals surface area contributed by atoms with Gasteiger partial charge in [0.1, 0.15) is 0 Å². The van der Waals surface area contributed by atoms with Crippen LogP contribution in [0.4, 0.5) is 4.79 Å². The van der Waals surface area contributed by atoms with Crippen molar-refractivity contribution in [2.45, 2.75) is 51.0 Å². The predicted octanol–water partition coefficient (Wildman–Crippen LogP) is 1.05. The molecule has 6 heteroatoms. The highest BCUT2D eigenvalue weighted by Gasteiger charge is 2.15. The third-order valence-corrected chi connectivity index (χ3v) is 3.00. The molecule has 0 heterocycles. The van der Waals surface area contributed by atoms with Gasteiger partial charge in [0.25, 0.3) is 0 Å². The van der Waals surface area contributed by atoms with Gasteiger partial charge in [-0.15, -0.1) is 0 Å². The van der Waals surface area contributed by atoms with Crippen molar-refractivity contribution in [3.05, 3.63) is 0 Å². The first-order chi connectivity index (χ1) is 8.58. The maximum atomic E-state index is 11.5. The van der Waals surface area contributed by atoms with Crippen LogP contribution in [-0.4, -0.2) is 35.5 Å². The number of amides is 2. The summed E-state index contributed by atoms with van der Waals surface area (Å²) in [7, 11) is 0. The summed E-state index contributed by atoms with van der Waals surface area (Å²) in [5.74, 6) is -1.27. The van der Waals surface area contributed by atoms with E-state index in [0.717, 1.165) is 25.7 Å². The molecule has 2 amide bonds. The Kier molecular flexibility index (Phi) is 6.18. The quantitative estimate of drug-likeness (QED) is 0.662. The normalized spacial score (nSPS) is 16.0. The zero-order valence-corrected chi connectivity index (χ0v) is 10.4. The molecular formula is C12H20N2O4. The molecule has 1 aliphatic carbocycles. The summed E-state index contributed by atoms with van der Waals surface area (Å²) in [6.45, 7) is -0.105. The fourth-order valence-electron chi connectivity index (χ4n) is 2.00. The lowest BCUT2D eigenvalue weighted by molar-refractivity contribution is -0.138. The van der Waals surface area contributed by atoms with Gasteiger partial charge in [-0.2, -0.15) is 0 Å². The van der Waals surface area contributed by atoms with E-state index in [-0.39, 0.29) is 37.2 Å². The molecule has 1 rings (SSSR count). The molecule has 0 saturated heterocycles. The van der Waals surface area contributed by atoms with Crippen LogP contribution >= 0.6 is 0 Å². The Labute approximate surface area is 106 Å². The van der Waals surface area contributed by atoms with Crippen LogP contribution < -0.4 is 10.6 Å². The van der Waals surface area contributed by atoms with E-state index in [4.69, 9.17) is 5.11 Å². The molecule has 0 aromatic rings. The monoisotopic (exact) mass is 256 g/mol. The summed E-state index contributed by atoms with van der Waals surface area (Å²) in [4.78, 5) is 33.0. The molecule has 0 unspecified atom stereocenters. The van der Waals surface area contributed by atoms with Gasteiger partial charge >= 0.3 is 12.0 Å². The molecule has 0 spiro atoms. The molecule has 0 aromatic heterocycles. The summed E-state index contributed by atoms with van der Waals surface area (Å²) in [5, 5.41) is 13.7. The third-order valence-electron chi connectivity index (χ3n) is 3.00. The van der Waals surface area contributed by atoms with Crippen LogP contribution in [0.2, 0.25) is 0 Å². The first kappa shape index (κ1) is 14.5. The molecule has 0 aromatic carbocycles. The average molecular weight is 256 g/mol. The van der Waals surface area contributed by atoms with E-state index in [0.29, 0.717) is 0 Å². The van der Waals surface area contributed by atoms with E-state index in [1.165, 1.54) is 6.42 Å². The van der Waals surface area contributed by atoms with Crippen molar-refractivity contribution >= 4 is 17.8 Å². The second-order valence-corrected chi connectivity index (χ2v) is 4.59. The van der Waals surface area contributed by atoms with E-state index >= 15 is 0 Å². The predicted molar refractivity (Wildman–Crippen MR) is 65.3 cm³/mol. The highest BCUT2D eigenvalue weighted by Crippen LogP contribution is 2.16. The number of carbonyl (C=O) groups is 3. The molecule has 6 nitrogen and oxygen atoms in total. The number of carboxylic acids is 1. The van der Waals surface area contributed by atoms with Crippen LogP contribution in [0.25, 0.3) is 0 Å². The first-order valence-electron chi connectivity index (χ1n) is 6.36. The summed E-state index contributed by atoms with van der Waals surface area (Å²) in [6.07, 6.45) is 5.21. The fraction of sp³-hybridized carbons (Fsp3) is 0.750. The van der Waals surface area contributed by atoms with Crippen LogP contribution in [0, 0.1) is 0 Å². The van der Waals surface area contributed by atoms with E-state index in [9.17, 15) is 14.4 Å². The van der Waals surface area contributed by atoms with Crippen molar-refractivity contribution in [2.24, 2.45) is 0 Å². The lowest BCUT2D eigenvalue weighted by atomic mass is 9.96. The van der Waals surface area contributed by atoms with Crippen molar-refractivity contribution in [3.63, 3.8) is 0 Å². The molecular weight excluding hydrogens is 236 g/mol. The Morgan fingerprint density at radius 3 is 2.33 bits per heavy atom. The van der Waals surface area contributed by atoms with Gasteiger partial charge in [0.05, 0.1) is 13.0 Å². The van der Waals surface area contributed by atoms with Crippen molar-refractivity contribution in [3.8, 4) is 0 Å². The second-order valence-electron chi connectivity index (χ2n) is 4.59. The minimum absolute atomic E-state index is 0.0426. The van der Waals surface area contributed by atoms with Crippen LogP contribution in [0.15, 0.2) is 0 Å². The fourth-order valence-corrected chi connectivity index (χ4v) is 2.00. The van der Waals surface area contributed by atoms with Gasteiger partial charge in [0, 0.05) is 12.5 Å². The van der Waals surface area contributed by atoms with Crippen molar-refractivity contribution in [2.75, 3.05) is 6.54 Å². The first-order valence-corrected chi connectivity index (χ1v) is 6.36. The van der Waals surface area contributed by atoms with Gasteiger partial charge in [0.15, 0.2) is 5.78 Å². The number of carboxylic acid groups (broad SMARTS) is 1. The summed E-state index contributed by atoms with van der Waals surface area (Å²) in [5.41, 5.74) is 0. The van der Waals surface area contributed by atoms with Gasteiger partial charge in [-0.25, -0.2) is 4.79 Å². The minimum atomic E-state index is -1.00. The van der Waals surface area contributed by atoms with Crippen LogP contribution in [0.5, 0.6) is 0 Å². The minimum Gasteiger partial charge on any atom is -0.481 e. The molecule has 0 aliphatic heterocycles. The van der Waals surface area contributed by atoms with Gasteiger partial charge in [-0.1, -0.05) is 19.3 Å². The topological polar surface area (TPSA) is 95.5 Å². The number of aliphatic carboxylic acids is 1. The third kappa shape index (κ3) is 6.22. The van der Waals surface area contributed by atoms with Crippen LogP contribution in [-0.2, 0) is 9.59 Å². The zero-order valence-electron chi connectivity index (χ0n) is 10.4. The van der Waals surface area contributed by atoms with E-state index < -0.39 is 5.97 Å². The number of ketones is 1. The Hall–Kier alpha value is -1.59. The van der Waals surface area contributed by atoms with E-state index in [2.05, 4.69) is 10.6 Å². The number of hydrogen-bond donors (Lipinski definition) is 3. The summed E-state index contributed by atoms with van der Waals surface area (Å²) >= 11 is 0. The molecule has 0 radical (unpaired) electrons. The lowest BCUT2D eigenvalue weighted by Gasteiger charge is -2.22. The van der Waals surface area contributed by atoms with Crippen LogP contribution in [0.3, 0.4) is 0 Å². The maximum Gasteiger partial charge on any atom is 0.315 e. The number of hydrogen-bond acceptors (Lipinski definition) is 3. The van der Waals surface area contributed by atoms with Gasteiger partial charge in [0.2, 0.25) is 0 Å². The standard InChI is InChI=1S/C12H20N2O4/c15-10(6-7-11(16)17)8-13-12(18)14-9-4-2-1-3-5-9/h9H,1-8H2,(H,16,17)(H2,13,14,18). The second kappa shape index (κ2) is 7.68. The molecule has 0 atom stereocenters. The molecule has 3 N–H and O–H groups in total. The summed E-state index contributed by atoms with van der Waals surface area (Å²) < 4.78 is 0. The number of carbonyl (C=O) groups excluding carboxylic acids is 2. The number of rotatable bonds is 6. The van der Waals surface area contributed by atoms with Gasteiger partial charge in [-0.05, 0) is 12.8 Å². The van der Waals surface area contributed by atoms with Crippen LogP contribution in [0.1, 0.15) is 44.9 Å². The molecule has 1 aliphatic rings. The number of Topliss-reactive ketones (excluding diaryl/α,β-unsaturated/α-hetero) is 1. The Bertz CT molecular complexity index is 311. The molecule has 102 valence electrons. The molecule has 18 heavy (non-hydrogen) atoms.